The van der Waals surface area contributed by atoms with Gasteiger partial charge in [-0.1, -0.05) is 12.1 Å². The lowest BCUT2D eigenvalue weighted by atomic mass is 9.96. The molecule has 3 heteroatoms. The minimum Gasteiger partial charge on any atom is -0.326 e. The molecule has 1 aliphatic rings. The molecule has 14 heavy (non-hydrogen) atoms. The summed E-state index contributed by atoms with van der Waals surface area (Å²) >= 11 is 0. The Labute approximate surface area is 83.5 Å². The number of benzene rings is 1. The third-order valence-corrected chi connectivity index (χ3v) is 2.79. The third kappa shape index (κ3) is 1.30. The van der Waals surface area contributed by atoms with Gasteiger partial charge >= 0.3 is 0 Å². The first-order valence-corrected chi connectivity index (χ1v) is 4.81. The van der Waals surface area contributed by atoms with Gasteiger partial charge in [-0.3, -0.25) is 4.79 Å². The van der Waals surface area contributed by atoms with Gasteiger partial charge in [-0.05, 0) is 23.6 Å². The molecule has 0 bridgehead atoms. The second-order valence-corrected chi connectivity index (χ2v) is 3.57. The van der Waals surface area contributed by atoms with Crippen LogP contribution in [0.15, 0.2) is 18.2 Å². The van der Waals surface area contributed by atoms with Crippen molar-refractivity contribution in [1.29, 1.82) is 0 Å². The quantitative estimate of drug-likeness (QED) is 0.719. The van der Waals surface area contributed by atoms with E-state index in [0.717, 1.165) is 17.7 Å². The molecular formula is C11H14N2O. The number of hydrogen-bond donors (Lipinski definition) is 1. The number of rotatable bonds is 1. The monoisotopic (exact) mass is 190 g/mol. The summed E-state index contributed by atoms with van der Waals surface area (Å²) < 4.78 is 0. The van der Waals surface area contributed by atoms with Crippen molar-refractivity contribution in [2.24, 2.45) is 5.73 Å². The summed E-state index contributed by atoms with van der Waals surface area (Å²) in [6, 6.07) is 5.96. The molecule has 1 aromatic rings. The zero-order valence-corrected chi connectivity index (χ0v) is 8.29. The van der Waals surface area contributed by atoms with E-state index in [9.17, 15) is 4.79 Å². The van der Waals surface area contributed by atoms with E-state index in [2.05, 4.69) is 0 Å². The molecular weight excluding hydrogens is 176 g/mol. The van der Waals surface area contributed by atoms with Crippen molar-refractivity contribution in [3.8, 4) is 0 Å². The highest BCUT2D eigenvalue weighted by atomic mass is 16.2. The average molecular weight is 190 g/mol. The third-order valence-electron chi connectivity index (χ3n) is 2.79. The summed E-state index contributed by atoms with van der Waals surface area (Å²) in [5.74, 6) is 0.187. The molecule has 2 rings (SSSR count). The summed E-state index contributed by atoms with van der Waals surface area (Å²) in [7, 11) is 1.82. The predicted molar refractivity (Wildman–Crippen MR) is 56.1 cm³/mol. The van der Waals surface area contributed by atoms with E-state index in [1.807, 2.05) is 25.2 Å². The van der Waals surface area contributed by atoms with Gasteiger partial charge in [0.25, 0.3) is 0 Å². The Hall–Kier alpha value is -1.35. The standard InChI is InChI=1S/C11H14N2O/c1-13-10-4-2-3-8(7-12)9(10)5-6-11(13)14/h2-4H,5-7,12H2,1H3. The van der Waals surface area contributed by atoms with E-state index in [0.29, 0.717) is 13.0 Å². The fourth-order valence-electron chi connectivity index (χ4n) is 1.95. The van der Waals surface area contributed by atoms with Crippen LogP contribution in [0.2, 0.25) is 0 Å². The highest BCUT2D eigenvalue weighted by Crippen LogP contribution is 2.28. The van der Waals surface area contributed by atoms with Crippen LogP contribution in [0, 0.1) is 0 Å². The lowest BCUT2D eigenvalue weighted by Gasteiger charge is -2.27. The Morgan fingerprint density at radius 2 is 2.21 bits per heavy atom. The zero-order valence-electron chi connectivity index (χ0n) is 8.29. The van der Waals surface area contributed by atoms with Crippen molar-refractivity contribution in [3.63, 3.8) is 0 Å². The number of hydrogen-bond acceptors (Lipinski definition) is 2. The SMILES string of the molecule is CN1C(=O)CCc2c(CN)cccc21. The van der Waals surface area contributed by atoms with Gasteiger partial charge < -0.3 is 10.6 Å². The van der Waals surface area contributed by atoms with E-state index >= 15 is 0 Å². The van der Waals surface area contributed by atoms with E-state index in [4.69, 9.17) is 5.73 Å². The molecule has 1 heterocycles. The van der Waals surface area contributed by atoms with Crippen LogP contribution in [0.3, 0.4) is 0 Å². The molecule has 0 aliphatic carbocycles. The average Bonchev–Trinajstić information content (AvgIpc) is 2.23. The topological polar surface area (TPSA) is 46.3 Å². The minimum absolute atomic E-state index is 0.187. The van der Waals surface area contributed by atoms with Gasteiger partial charge in [-0.15, -0.1) is 0 Å². The normalized spacial score (nSPS) is 15.6. The second kappa shape index (κ2) is 3.42. The molecule has 0 aromatic heterocycles. The first kappa shape index (κ1) is 9.21. The number of anilines is 1. The maximum absolute atomic E-state index is 11.5. The number of fused-ring (bicyclic) bond motifs is 1. The summed E-state index contributed by atoms with van der Waals surface area (Å²) in [6.45, 7) is 0.547. The van der Waals surface area contributed by atoms with Crippen molar-refractivity contribution >= 4 is 11.6 Å². The fraction of sp³-hybridized carbons (Fsp3) is 0.364. The van der Waals surface area contributed by atoms with Crippen LogP contribution in [0.1, 0.15) is 17.5 Å². The predicted octanol–water partition coefficient (Wildman–Crippen LogP) is 1.05. The number of carbonyl (C=O) groups excluding carboxylic acids is 1. The van der Waals surface area contributed by atoms with Gasteiger partial charge in [-0.25, -0.2) is 0 Å². The van der Waals surface area contributed by atoms with Gasteiger partial charge in [0.1, 0.15) is 0 Å². The highest BCUT2D eigenvalue weighted by molar-refractivity contribution is 5.96. The summed E-state index contributed by atoms with van der Waals surface area (Å²) in [4.78, 5) is 13.2. The van der Waals surface area contributed by atoms with Crippen molar-refractivity contribution in [2.45, 2.75) is 19.4 Å². The first-order valence-electron chi connectivity index (χ1n) is 4.81. The maximum Gasteiger partial charge on any atom is 0.227 e. The van der Waals surface area contributed by atoms with Crippen LogP contribution in [0.25, 0.3) is 0 Å². The molecule has 1 aliphatic heterocycles. The molecule has 1 aromatic carbocycles. The van der Waals surface area contributed by atoms with E-state index < -0.39 is 0 Å². The molecule has 0 fully saturated rings. The fourth-order valence-corrected chi connectivity index (χ4v) is 1.95. The molecule has 0 radical (unpaired) electrons. The Morgan fingerprint density at radius 1 is 1.43 bits per heavy atom. The van der Waals surface area contributed by atoms with Crippen molar-refractivity contribution in [3.05, 3.63) is 29.3 Å². The van der Waals surface area contributed by atoms with E-state index in [-0.39, 0.29) is 5.91 Å². The molecule has 0 atom stereocenters. The van der Waals surface area contributed by atoms with Gasteiger partial charge in [0.05, 0.1) is 0 Å². The molecule has 0 saturated heterocycles. The Morgan fingerprint density at radius 3 is 2.93 bits per heavy atom. The Balaban J connectivity index is 2.52. The molecule has 2 N–H and O–H groups in total. The highest BCUT2D eigenvalue weighted by Gasteiger charge is 2.21. The smallest absolute Gasteiger partial charge is 0.227 e. The van der Waals surface area contributed by atoms with Gasteiger partial charge in [0.2, 0.25) is 5.91 Å². The van der Waals surface area contributed by atoms with Crippen LogP contribution >= 0.6 is 0 Å². The van der Waals surface area contributed by atoms with Crippen LogP contribution in [0.4, 0.5) is 5.69 Å². The van der Waals surface area contributed by atoms with Crippen LogP contribution < -0.4 is 10.6 Å². The Kier molecular flexibility index (Phi) is 2.25. The number of carbonyl (C=O) groups is 1. The molecule has 0 spiro atoms. The molecule has 0 unspecified atom stereocenters. The number of nitrogens with two attached hydrogens (primary N) is 1. The summed E-state index contributed by atoms with van der Waals surface area (Å²) in [6.07, 6.45) is 1.42. The van der Waals surface area contributed by atoms with Gasteiger partial charge in [-0.2, -0.15) is 0 Å². The van der Waals surface area contributed by atoms with Crippen molar-refractivity contribution in [2.75, 3.05) is 11.9 Å². The molecule has 1 amide bonds. The van der Waals surface area contributed by atoms with E-state index in [1.165, 1.54) is 5.56 Å². The van der Waals surface area contributed by atoms with E-state index in [1.54, 1.807) is 4.90 Å². The summed E-state index contributed by atoms with van der Waals surface area (Å²) in [5.41, 5.74) is 9.06. The number of nitrogens with zero attached hydrogens (tertiary/aromatic N) is 1. The lowest BCUT2D eigenvalue weighted by Crippen LogP contribution is -2.31. The first-order chi connectivity index (χ1) is 6.74. The van der Waals surface area contributed by atoms with Crippen LogP contribution in [-0.2, 0) is 17.8 Å². The minimum atomic E-state index is 0.187. The molecule has 3 nitrogen and oxygen atoms in total. The maximum atomic E-state index is 11.5. The Bertz CT molecular complexity index is 374. The van der Waals surface area contributed by atoms with Crippen LogP contribution in [-0.4, -0.2) is 13.0 Å². The lowest BCUT2D eigenvalue weighted by molar-refractivity contribution is -0.118. The van der Waals surface area contributed by atoms with Gasteiger partial charge in [0, 0.05) is 25.7 Å². The largest absolute Gasteiger partial charge is 0.326 e. The molecule has 0 saturated carbocycles. The van der Waals surface area contributed by atoms with Gasteiger partial charge in [0.15, 0.2) is 0 Å². The van der Waals surface area contributed by atoms with Crippen LogP contribution in [0.5, 0.6) is 0 Å². The van der Waals surface area contributed by atoms with Crippen molar-refractivity contribution in [1.82, 2.24) is 0 Å². The molecule has 74 valence electrons. The number of amides is 1. The summed E-state index contributed by atoms with van der Waals surface area (Å²) in [5, 5.41) is 0. The second-order valence-electron chi connectivity index (χ2n) is 3.57. The zero-order chi connectivity index (χ0) is 10.1. The van der Waals surface area contributed by atoms with Crippen molar-refractivity contribution < 1.29 is 4.79 Å².